The van der Waals surface area contributed by atoms with Crippen molar-refractivity contribution in [3.8, 4) is 0 Å². The van der Waals surface area contributed by atoms with Crippen molar-refractivity contribution in [3.63, 3.8) is 0 Å². The van der Waals surface area contributed by atoms with Gasteiger partial charge in [-0.15, -0.1) is 0 Å². The molecule has 2 fully saturated rings. The third kappa shape index (κ3) is 3.89. The molecule has 1 aromatic heterocycles. The lowest BCUT2D eigenvalue weighted by Gasteiger charge is -2.24. The number of benzene rings is 1. The van der Waals surface area contributed by atoms with Crippen molar-refractivity contribution in [1.29, 1.82) is 0 Å². The van der Waals surface area contributed by atoms with E-state index in [0.717, 1.165) is 31.7 Å². The van der Waals surface area contributed by atoms with Crippen molar-refractivity contribution in [2.75, 3.05) is 6.54 Å². The molecule has 2 heterocycles. The van der Waals surface area contributed by atoms with E-state index in [-0.39, 0.29) is 30.4 Å². The van der Waals surface area contributed by atoms with E-state index >= 15 is 0 Å². The van der Waals surface area contributed by atoms with Gasteiger partial charge in [-0.1, -0.05) is 5.16 Å². The van der Waals surface area contributed by atoms with Gasteiger partial charge in [0.2, 0.25) is 11.8 Å². The number of nitrogens with two attached hydrogens (primary N) is 1. The largest absolute Gasteiger partial charge is 0.339 e. The molecule has 1 aliphatic carbocycles. The van der Waals surface area contributed by atoms with E-state index in [1.807, 2.05) is 0 Å². The van der Waals surface area contributed by atoms with Crippen LogP contribution in [0.15, 0.2) is 16.7 Å². The maximum atomic E-state index is 13.8. The first-order valence-electron chi connectivity index (χ1n) is 9.44. The fraction of sp³-hybridized carbons (Fsp3) is 0.526. The molecule has 1 saturated carbocycles. The lowest BCUT2D eigenvalue weighted by molar-refractivity contribution is -0.132. The van der Waals surface area contributed by atoms with Gasteiger partial charge in [-0.25, -0.2) is 13.2 Å². The summed E-state index contributed by atoms with van der Waals surface area (Å²) in [6.07, 6.45) is 3.54. The molecule has 0 spiro atoms. The quantitative estimate of drug-likeness (QED) is 0.762. The third-order valence-corrected chi connectivity index (χ3v) is 5.26. The molecule has 1 aromatic carbocycles. The van der Waals surface area contributed by atoms with E-state index in [4.69, 9.17) is 10.3 Å². The van der Waals surface area contributed by atoms with Crippen molar-refractivity contribution in [2.45, 2.75) is 56.5 Å². The minimum Gasteiger partial charge on any atom is -0.339 e. The maximum absolute atomic E-state index is 13.8. The van der Waals surface area contributed by atoms with Gasteiger partial charge in [0.15, 0.2) is 17.5 Å². The van der Waals surface area contributed by atoms with Gasteiger partial charge < -0.3 is 15.2 Å². The molecule has 1 amide bonds. The number of aromatic nitrogens is 2. The Hall–Kier alpha value is -2.42. The van der Waals surface area contributed by atoms with Crippen molar-refractivity contribution in [1.82, 2.24) is 15.0 Å². The van der Waals surface area contributed by atoms with Gasteiger partial charge in [-0.3, -0.25) is 4.79 Å². The summed E-state index contributed by atoms with van der Waals surface area (Å²) in [5.74, 6) is -2.00. The fourth-order valence-electron chi connectivity index (χ4n) is 3.63. The van der Waals surface area contributed by atoms with Gasteiger partial charge >= 0.3 is 0 Å². The summed E-state index contributed by atoms with van der Waals surface area (Å²) in [5, 5.41) is 4.03. The Bertz CT molecular complexity index is 884. The molecule has 2 aliphatic rings. The van der Waals surface area contributed by atoms with E-state index in [1.54, 1.807) is 4.90 Å². The minimum absolute atomic E-state index is 0.0394. The predicted molar refractivity (Wildman–Crippen MR) is 92.6 cm³/mol. The predicted octanol–water partition coefficient (Wildman–Crippen LogP) is 2.99. The van der Waals surface area contributed by atoms with Crippen LogP contribution in [0.3, 0.4) is 0 Å². The summed E-state index contributed by atoms with van der Waals surface area (Å²) in [6.45, 7) is 0.559. The molecule has 0 unspecified atom stereocenters. The van der Waals surface area contributed by atoms with Gasteiger partial charge in [-0.2, -0.15) is 4.98 Å². The topological polar surface area (TPSA) is 85.3 Å². The van der Waals surface area contributed by atoms with Crippen molar-refractivity contribution in [3.05, 3.63) is 46.9 Å². The number of carbonyl (C=O) groups excluding carboxylic acids is 1. The lowest BCUT2D eigenvalue weighted by atomic mass is 10.0. The Kier molecular flexibility index (Phi) is 5.09. The molecule has 6 nitrogen and oxygen atoms in total. The van der Waals surface area contributed by atoms with Crippen molar-refractivity contribution in [2.24, 2.45) is 5.73 Å². The number of hydrogen-bond acceptors (Lipinski definition) is 5. The second kappa shape index (κ2) is 7.54. The molecule has 0 bridgehead atoms. The first-order valence-corrected chi connectivity index (χ1v) is 9.44. The SMILES string of the molecule is N[C@@H](CC(=O)N1CCC[C@H]1c1noc(C2CC2)n1)Cc1cc(F)c(F)cc1F. The first-order chi connectivity index (χ1) is 13.4. The third-order valence-electron chi connectivity index (χ3n) is 5.26. The lowest BCUT2D eigenvalue weighted by Crippen LogP contribution is -2.36. The molecule has 2 aromatic rings. The Morgan fingerprint density at radius 2 is 1.96 bits per heavy atom. The molecule has 9 heteroatoms. The average molecular weight is 394 g/mol. The minimum atomic E-state index is -1.25. The highest BCUT2D eigenvalue weighted by atomic mass is 19.2. The molecule has 1 aliphatic heterocycles. The average Bonchev–Trinajstić information content (AvgIpc) is 3.18. The number of hydrogen-bond donors (Lipinski definition) is 1. The highest BCUT2D eigenvalue weighted by molar-refractivity contribution is 5.77. The van der Waals surface area contributed by atoms with Crippen LogP contribution in [0.5, 0.6) is 0 Å². The summed E-state index contributed by atoms with van der Waals surface area (Å²) in [5.41, 5.74) is 5.94. The summed E-state index contributed by atoms with van der Waals surface area (Å²) in [7, 11) is 0. The van der Waals surface area contributed by atoms with Crippen LogP contribution in [0.2, 0.25) is 0 Å². The number of nitrogens with zero attached hydrogens (tertiary/aromatic N) is 3. The van der Waals surface area contributed by atoms with Gasteiger partial charge in [0.05, 0.1) is 6.04 Å². The van der Waals surface area contributed by atoms with Gasteiger partial charge in [0, 0.05) is 31.0 Å². The van der Waals surface area contributed by atoms with E-state index < -0.39 is 23.5 Å². The Morgan fingerprint density at radius 1 is 1.21 bits per heavy atom. The van der Waals surface area contributed by atoms with Crippen LogP contribution < -0.4 is 5.73 Å². The Labute approximate surface area is 159 Å². The molecule has 2 atom stereocenters. The second-order valence-corrected chi connectivity index (χ2v) is 7.54. The maximum Gasteiger partial charge on any atom is 0.229 e. The van der Waals surface area contributed by atoms with E-state index in [2.05, 4.69) is 10.1 Å². The van der Waals surface area contributed by atoms with Crippen LogP contribution in [0, 0.1) is 17.5 Å². The smallest absolute Gasteiger partial charge is 0.229 e. The normalized spacial score (nSPS) is 20.6. The molecular weight excluding hydrogens is 373 g/mol. The summed E-state index contributed by atoms with van der Waals surface area (Å²) >= 11 is 0. The number of likely N-dealkylation sites (tertiary alicyclic amines) is 1. The van der Waals surface area contributed by atoms with Crippen molar-refractivity contribution < 1.29 is 22.5 Å². The van der Waals surface area contributed by atoms with Crippen molar-refractivity contribution >= 4 is 5.91 Å². The second-order valence-electron chi connectivity index (χ2n) is 7.54. The standard InChI is InChI=1S/C19H21F3N4O2/c20-13-9-15(22)14(21)7-11(13)6-12(23)8-17(27)26-5-1-2-16(26)18-24-19(28-25-18)10-3-4-10/h7,9-10,12,16H,1-6,8,23H2/t12-,16+/m1/s1. The van der Waals surface area contributed by atoms with E-state index in [1.165, 1.54) is 0 Å². The molecule has 4 rings (SSSR count). The summed E-state index contributed by atoms with van der Waals surface area (Å²) in [6, 6.07) is 0.298. The molecule has 150 valence electrons. The Morgan fingerprint density at radius 3 is 2.71 bits per heavy atom. The highest BCUT2D eigenvalue weighted by Crippen LogP contribution is 2.40. The molecular formula is C19H21F3N4O2. The van der Waals surface area contributed by atoms with E-state index in [0.29, 0.717) is 30.2 Å². The zero-order valence-corrected chi connectivity index (χ0v) is 15.2. The molecule has 2 N–H and O–H groups in total. The summed E-state index contributed by atoms with van der Waals surface area (Å²) < 4.78 is 45.5. The summed E-state index contributed by atoms with van der Waals surface area (Å²) in [4.78, 5) is 18.8. The molecule has 1 saturated heterocycles. The molecule has 28 heavy (non-hydrogen) atoms. The number of rotatable bonds is 6. The van der Waals surface area contributed by atoms with Gasteiger partial charge in [0.1, 0.15) is 5.82 Å². The van der Waals surface area contributed by atoms with E-state index in [9.17, 15) is 18.0 Å². The van der Waals surface area contributed by atoms with Gasteiger partial charge in [0.25, 0.3) is 0 Å². The number of amides is 1. The number of carbonyl (C=O) groups is 1. The van der Waals surface area contributed by atoms with Crippen LogP contribution >= 0.6 is 0 Å². The fourth-order valence-corrected chi connectivity index (χ4v) is 3.63. The van der Waals surface area contributed by atoms with Crippen LogP contribution in [-0.4, -0.2) is 33.5 Å². The number of halogens is 3. The van der Waals surface area contributed by atoms with Gasteiger partial charge in [-0.05, 0) is 43.7 Å². The first kappa shape index (κ1) is 18.9. The van der Waals surface area contributed by atoms with Crippen LogP contribution in [0.1, 0.15) is 61.3 Å². The Balaban J connectivity index is 1.39. The highest BCUT2D eigenvalue weighted by Gasteiger charge is 2.36. The monoisotopic (exact) mass is 394 g/mol. The van der Waals surface area contributed by atoms with Crippen LogP contribution in [-0.2, 0) is 11.2 Å². The van der Waals surface area contributed by atoms with Crippen LogP contribution in [0.4, 0.5) is 13.2 Å². The molecule has 0 radical (unpaired) electrons. The zero-order valence-electron chi connectivity index (χ0n) is 15.2. The van der Waals surface area contributed by atoms with Crippen LogP contribution in [0.25, 0.3) is 0 Å². The zero-order chi connectivity index (χ0) is 19.8.